The Bertz CT molecular complexity index is 1040. The Balaban J connectivity index is 2.23. The van der Waals surface area contributed by atoms with Gasteiger partial charge in [0.25, 0.3) is 11.5 Å². The molecule has 3 rings (SSSR count). The van der Waals surface area contributed by atoms with Crippen molar-refractivity contribution in [2.75, 3.05) is 0 Å². The highest BCUT2D eigenvalue weighted by atomic mass is 19.1. The second-order valence-corrected chi connectivity index (χ2v) is 8.38. The van der Waals surface area contributed by atoms with Crippen molar-refractivity contribution in [3.8, 4) is 11.3 Å². The molecule has 2 amide bonds. The molecule has 1 saturated carbocycles. The Morgan fingerprint density at radius 3 is 2.41 bits per heavy atom. The van der Waals surface area contributed by atoms with Gasteiger partial charge in [-0.2, -0.15) is 0 Å². The van der Waals surface area contributed by atoms with Crippen molar-refractivity contribution in [2.24, 2.45) is 5.73 Å². The number of benzene rings is 1. The molecule has 1 fully saturated rings. The predicted molar refractivity (Wildman–Crippen MR) is 117 cm³/mol. The topological polar surface area (TPSA) is 127 Å². The maximum Gasteiger partial charge on any atom is 0.275 e. The molecule has 2 aromatic rings. The fourth-order valence-corrected chi connectivity index (χ4v) is 4.16. The summed E-state index contributed by atoms with van der Waals surface area (Å²) >= 11 is 0. The van der Waals surface area contributed by atoms with Crippen LogP contribution >= 0.6 is 0 Å². The first-order chi connectivity index (χ1) is 15.2. The van der Waals surface area contributed by atoms with Gasteiger partial charge < -0.3 is 16.2 Å². The van der Waals surface area contributed by atoms with Crippen molar-refractivity contribution in [2.45, 2.75) is 70.6 Å². The van der Waals surface area contributed by atoms with Gasteiger partial charge in [0.15, 0.2) is 0 Å². The number of rotatable bonds is 7. The lowest BCUT2D eigenvalue weighted by molar-refractivity contribution is -0.118. The number of nitrogens with one attached hydrogen (secondary N) is 1. The molecule has 32 heavy (non-hydrogen) atoms. The number of nitrogens with zero attached hydrogens (tertiary/aromatic N) is 2. The molecule has 4 N–H and O–H groups in total. The molecule has 0 radical (unpaired) electrons. The highest BCUT2D eigenvalue weighted by Gasteiger charge is 2.29. The van der Waals surface area contributed by atoms with Crippen LogP contribution in [0, 0.1) is 5.82 Å². The largest absolute Gasteiger partial charge is 0.387 e. The fourth-order valence-electron chi connectivity index (χ4n) is 4.16. The van der Waals surface area contributed by atoms with E-state index in [9.17, 15) is 23.9 Å². The second kappa shape index (κ2) is 10.0. The molecule has 1 aliphatic carbocycles. The second-order valence-electron chi connectivity index (χ2n) is 8.38. The molecule has 2 unspecified atom stereocenters. The van der Waals surface area contributed by atoms with E-state index in [1.54, 1.807) is 6.92 Å². The van der Waals surface area contributed by atoms with Gasteiger partial charge in [0, 0.05) is 24.1 Å². The Morgan fingerprint density at radius 1 is 1.22 bits per heavy atom. The van der Waals surface area contributed by atoms with Gasteiger partial charge in [0.2, 0.25) is 5.91 Å². The molecule has 1 aliphatic rings. The van der Waals surface area contributed by atoms with E-state index in [1.165, 1.54) is 35.8 Å². The summed E-state index contributed by atoms with van der Waals surface area (Å²) in [6.45, 7) is 2.99. The molecular weight excluding hydrogens is 415 g/mol. The van der Waals surface area contributed by atoms with Gasteiger partial charge in [-0.05, 0) is 51.0 Å². The maximum atomic E-state index is 13.5. The molecule has 2 atom stereocenters. The third-order valence-electron chi connectivity index (χ3n) is 5.74. The average molecular weight is 445 g/mol. The first kappa shape index (κ1) is 23.6. The van der Waals surface area contributed by atoms with Crippen LogP contribution in [0.25, 0.3) is 11.3 Å². The number of hydrogen-bond acceptors (Lipinski definition) is 5. The van der Waals surface area contributed by atoms with E-state index in [2.05, 4.69) is 10.3 Å². The summed E-state index contributed by atoms with van der Waals surface area (Å²) in [5.74, 6) is -1.61. The smallest absolute Gasteiger partial charge is 0.275 e. The number of aromatic nitrogens is 2. The zero-order valence-electron chi connectivity index (χ0n) is 18.3. The third-order valence-corrected chi connectivity index (χ3v) is 5.74. The van der Waals surface area contributed by atoms with Crippen LogP contribution in [-0.2, 0) is 4.79 Å². The molecule has 1 aromatic carbocycles. The lowest BCUT2D eigenvalue weighted by Crippen LogP contribution is -2.42. The fraction of sp³-hybridized carbons (Fsp3) is 0.478. The Labute approximate surface area is 185 Å². The Kier molecular flexibility index (Phi) is 7.40. The van der Waals surface area contributed by atoms with E-state index in [0.717, 1.165) is 32.1 Å². The van der Waals surface area contributed by atoms with Crippen LogP contribution in [0.1, 0.15) is 80.7 Å². The number of amides is 2. The van der Waals surface area contributed by atoms with Crippen molar-refractivity contribution in [1.29, 1.82) is 0 Å². The van der Waals surface area contributed by atoms with Crippen molar-refractivity contribution in [3.05, 3.63) is 51.8 Å². The SMILES string of the molecule is CC(O)c1nc(-c2ccc(F)cc2)c(C(=O)NC2CCCCC2)n(C(C)CC(N)=O)c1=O. The molecule has 0 saturated heterocycles. The first-order valence-electron chi connectivity index (χ1n) is 10.9. The van der Waals surface area contributed by atoms with Gasteiger partial charge in [0.1, 0.15) is 22.9 Å². The number of primary amides is 1. The van der Waals surface area contributed by atoms with Gasteiger partial charge in [-0.15, -0.1) is 0 Å². The van der Waals surface area contributed by atoms with E-state index in [0.29, 0.717) is 5.56 Å². The summed E-state index contributed by atoms with van der Waals surface area (Å²) in [6.07, 6.45) is 3.37. The van der Waals surface area contributed by atoms with Crippen LogP contribution in [-0.4, -0.2) is 32.5 Å². The molecule has 0 bridgehead atoms. The summed E-state index contributed by atoms with van der Waals surface area (Å²) in [5, 5.41) is 13.2. The van der Waals surface area contributed by atoms with E-state index in [-0.39, 0.29) is 29.5 Å². The molecular formula is C23H29FN4O4. The minimum atomic E-state index is -1.22. The molecule has 8 nitrogen and oxygen atoms in total. The van der Waals surface area contributed by atoms with Crippen molar-refractivity contribution in [1.82, 2.24) is 14.9 Å². The quantitative estimate of drug-likeness (QED) is 0.605. The van der Waals surface area contributed by atoms with E-state index in [4.69, 9.17) is 5.73 Å². The first-order valence-corrected chi connectivity index (χ1v) is 10.9. The van der Waals surface area contributed by atoms with Gasteiger partial charge in [-0.1, -0.05) is 19.3 Å². The molecule has 172 valence electrons. The normalized spacial score (nSPS) is 16.4. The highest BCUT2D eigenvalue weighted by Crippen LogP contribution is 2.27. The van der Waals surface area contributed by atoms with Crippen LogP contribution in [0.3, 0.4) is 0 Å². The summed E-state index contributed by atoms with van der Waals surface area (Å²) in [5.41, 5.74) is 5.01. The van der Waals surface area contributed by atoms with Crippen LogP contribution < -0.4 is 16.6 Å². The molecule has 9 heteroatoms. The van der Waals surface area contributed by atoms with Crippen LogP contribution in [0.15, 0.2) is 29.1 Å². The minimum Gasteiger partial charge on any atom is -0.387 e. The molecule has 0 aliphatic heterocycles. The monoisotopic (exact) mass is 444 g/mol. The van der Waals surface area contributed by atoms with E-state index in [1.807, 2.05) is 0 Å². The number of halogens is 1. The summed E-state index contributed by atoms with van der Waals surface area (Å²) in [7, 11) is 0. The summed E-state index contributed by atoms with van der Waals surface area (Å²) in [6, 6.07) is 4.56. The van der Waals surface area contributed by atoms with Gasteiger partial charge >= 0.3 is 0 Å². The molecule has 0 spiro atoms. The minimum absolute atomic E-state index is 0.0367. The average Bonchev–Trinajstić information content (AvgIpc) is 2.73. The zero-order valence-corrected chi connectivity index (χ0v) is 18.3. The predicted octanol–water partition coefficient (Wildman–Crippen LogP) is 2.60. The zero-order chi connectivity index (χ0) is 23.4. The Hall–Kier alpha value is -3.07. The van der Waals surface area contributed by atoms with Gasteiger partial charge in [-0.25, -0.2) is 9.37 Å². The maximum absolute atomic E-state index is 13.5. The summed E-state index contributed by atoms with van der Waals surface area (Å²) < 4.78 is 14.7. The number of nitrogens with two attached hydrogens (primary N) is 1. The third kappa shape index (κ3) is 5.21. The number of aliphatic hydroxyl groups is 1. The van der Waals surface area contributed by atoms with Gasteiger partial charge in [0.05, 0.1) is 6.10 Å². The number of aliphatic hydroxyl groups excluding tert-OH is 1. The van der Waals surface area contributed by atoms with Crippen LogP contribution in [0.4, 0.5) is 4.39 Å². The van der Waals surface area contributed by atoms with E-state index < -0.39 is 35.3 Å². The number of hydrogen-bond donors (Lipinski definition) is 3. The highest BCUT2D eigenvalue weighted by molar-refractivity contribution is 5.98. The molecule has 1 aromatic heterocycles. The van der Waals surface area contributed by atoms with Crippen molar-refractivity contribution >= 4 is 11.8 Å². The van der Waals surface area contributed by atoms with Crippen molar-refractivity contribution < 1.29 is 19.1 Å². The van der Waals surface area contributed by atoms with E-state index >= 15 is 0 Å². The molecule has 1 heterocycles. The standard InChI is InChI=1S/C23H29FN4O4/c1-13(12-18(25)30)28-21(22(31)26-17-6-4-3-5-7-17)20(15-8-10-16(24)11-9-15)27-19(14(2)29)23(28)32/h8-11,13-14,17,29H,3-7,12H2,1-2H3,(H2,25,30)(H,26,31). The van der Waals surface area contributed by atoms with Crippen molar-refractivity contribution in [3.63, 3.8) is 0 Å². The summed E-state index contributed by atoms with van der Waals surface area (Å²) in [4.78, 5) is 42.6. The van der Waals surface area contributed by atoms with Crippen LogP contribution in [0.5, 0.6) is 0 Å². The lowest BCUT2D eigenvalue weighted by atomic mass is 9.95. The number of carbonyl (C=O) groups excluding carboxylic acids is 2. The van der Waals surface area contributed by atoms with Crippen LogP contribution in [0.2, 0.25) is 0 Å². The lowest BCUT2D eigenvalue weighted by Gasteiger charge is -2.26. The Morgan fingerprint density at radius 2 is 1.84 bits per heavy atom. The number of carbonyl (C=O) groups is 2. The van der Waals surface area contributed by atoms with Gasteiger partial charge in [-0.3, -0.25) is 19.0 Å².